The maximum atomic E-state index is 2.56. The summed E-state index contributed by atoms with van der Waals surface area (Å²) in [7, 11) is 0. The number of nitrogens with zero attached hydrogens (tertiary/aromatic N) is 2. The van der Waals surface area contributed by atoms with Gasteiger partial charge in [-0.2, -0.15) is 0 Å². The van der Waals surface area contributed by atoms with Crippen molar-refractivity contribution in [2.24, 2.45) is 0 Å². The van der Waals surface area contributed by atoms with Crippen LogP contribution in [0.5, 0.6) is 0 Å². The van der Waals surface area contributed by atoms with Crippen LogP contribution in [0, 0.1) is 0 Å². The number of rotatable bonds is 3. The summed E-state index contributed by atoms with van der Waals surface area (Å²) in [6.07, 6.45) is 2.35. The van der Waals surface area contributed by atoms with E-state index < -0.39 is 0 Å². The van der Waals surface area contributed by atoms with Crippen molar-refractivity contribution in [2.45, 2.75) is 51.4 Å². The zero-order valence-electron chi connectivity index (χ0n) is 31.3. The van der Waals surface area contributed by atoms with E-state index in [0.717, 1.165) is 6.42 Å². The molecule has 0 radical (unpaired) electrons. The van der Waals surface area contributed by atoms with Crippen molar-refractivity contribution >= 4 is 65.2 Å². The first-order valence-electron chi connectivity index (χ1n) is 19.4. The van der Waals surface area contributed by atoms with E-state index in [-0.39, 0.29) is 10.8 Å². The van der Waals surface area contributed by atoms with Crippen molar-refractivity contribution in [3.8, 4) is 22.5 Å². The Morgan fingerprint density at radius 2 is 0.981 bits per heavy atom. The summed E-state index contributed by atoms with van der Waals surface area (Å²) in [5.41, 5.74) is 13.0. The Labute approximate surface area is 315 Å². The fourth-order valence-electron chi connectivity index (χ4n) is 9.85. The van der Waals surface area contributed by atoms with Crippen LogP contribution in [0.15, 0.2) is 158 Å². The standard InChI is InChI=1S/C52H42N2/c1-51(2)27-28-52(3,4)50-43(51)24-26-45-49(50)42-32-46-41(48-40-18-12-11-15-34(40)22-25-44(48)53(46)38-16-9-6-10-17-38)31-47(42)54(45)39-23-21-36-29-35(19-20-37(36)30-39)33-13-7-5-8-14-33/h5-26,29-32H,27-28H2,1-4H3. The van der Waals surface area contributed by atoms with E-state index in [1.165, 1.54) is 105 Å². The fourth-order valence-corrected chi connectivity index (χ4v) is 9.85. The maximum Gasteiger partial charge on any atom is 0.0549 e. The average Bonchev–Trinajstić information content (AvgIpc) is 3.71. The van der Waals surface area contributed by atoms with Gasteiger partial charge in [-0.3, -0.25) is 0 Å². The second-order valence-corrected chi connectivity index (χ2v) is 16.8. The van der Waals surface area contributed by atoms with Gasteiger partial charge in [-0.25, -0.2) is 0 Å². The highest BCUT2D eigenvalue weighted by atomic mass is 15.0. The fraction of sp³-hybridized carbons (Fsp3) is 0.154. The normalized spacial score (nSPS) is 15.2. The zero-order valence-corrected chi connectivity index (χ0v) is 31.3. The van der Waals surface area contributed by atoms with E-state index in [4.69, 9.17) is 0 Å². The van der Waals surface area contributed by atoms with Crippen molar-refractivity contribution in [3.05, 3.63) is 169 Å². The smallest absolute Gasteiger partial charge is 0.0549 e. The predicted molar refractivity (Wildman–Crippen MR) is 231 cm³/mol. The Morgan fingerprint density at radius 3 is 1.78 bits per heavy atom. The lowest BCUT2D eigenvalue weighted by Crippen LogP contribution is -2.34. The van der Waals surface area contributed by atoms with Gasteiger partial charge in [-0.15, -0.1) is 0 Å². The van der Waals surface area contributed by atoms with Gasteiger partial charge in [0.2, 0.25) is 0 Å². The summed E-state index contributed by atoms with van der Waals surface area (Å²) in [6.45, 7) is 9.82. The quantitative estimate of drug-likeness (QED) is 0.174. The predicted octanol–water partition coefficient (Wildman–Crippen LogP) is 14.2. The highest BCUT2D eigenvalue weighted by Gasteiger charge is 2.39. The molecular formula is C52H42N2. The van der Waals surface area contributed by atoms with Crippen LogP contribution >= 0.6 is 0 Å². The van der Waals surface area contributed by atoms with Gasteiger partial charge in [-0.1, -0.05) is 131 Å². The van der Waals surface area contributed by atoms with E-state index >= 15 is 0 Å². The van der Waals surface area contributed by atoms with Gasteiger partial charge in [0.15, 0.2) is 0 Å². The highest BCUT2D eigenvalue weighted by molar-refractivity contribution is 6.25. The molecule has 0 fully saturated rings. The summed E-state index contributed by atoms with van der Waals surface area (Å²) in [4.78, 5) is 0. The van der Waals surface area contributed by atoms with Crippen LogP contribution in [-0.2, 0) is 10.8 Å². The SMILES string of the molecule is CC1(C)CCC(C)(C)c2c1ccc1c2c2cc3c(cc2n1-c1ccc2cc(-c4ccccc4)ccc2c1)c1c2ccccc2ccc1n3-c1ccccc1. The lowest BCUT2D eigenvalue weighted by Gasteiger charge is -2.42. The molecule has 1 aliphatic rings. The molecule has 0 unspecified atom stereocenters. The number of fused-ring (bicyclic) bond motifs is 11. The van der Waals surface area contributed by atoms with Gasteiger partial charge in [-0.05, 0) is 122 Å². The molecule has 0 amide bonds. The van der Waals surface area contributed by atoms with E-state index in [0.29, 0.717) is 0 Å². The minimum absolute atomic E-state index is 0.0397. The first kappa shape index (κ1) is 31.4. The van der Waals surface area contributed by atoms with Crippen LogP contribution in [0.1, 0.15) is 51.7 Å². The second kappa shape index (κ2) is 11.2. The molecule has 2 heterocycles. The molecule has 260 valence electrons. The molecule has 8 aromatic carbocycles. The molecule has 0 bridgehead atoms. The Morgan fingerprint density at radius 1 is 0.389 bits per heavy atom. The van der Waals surface area contributed by atoms with E-state index in [1.807, 2.05) is 0 Å². The van der Waals surface area contributed by atoms with Crippen LogP contribution in [0.2, 0.25) is 0 Å². The van der Waals surface area contributed by atoms with Gasteiger partial charge in [0.25, 0.3) is 0 Å². The summed E-state index contributed by atoms with van der Waals surface area (Å²) in [5, 5.41) is 10.4. The number of aromatic nitrogens is 2. The minimum Gasteiger partial charge on any atom is -0.309 e. The van der Waals surface area contributed by atoms with Crippen molar-refractivity contribution in [1.29, 1.82) is 0 Å². The van der Waals surface area contributed by atoms with Crippen LogP contribution in [0.4, 0.5) is 0 Å². The number of benzene rings is 8. The van der Waals surface area contributed by atoms with Crippen LogP contribution in [0.3, 0.4) is 0 Å². The molecular weight excluding hydrogens is 653 g/mol. The number of para-hydroxylation sites is 1. The van der Waals surface area contributed by atoms with E-state index in [1.54, 1.807) is 0 Å². The minimum atomic E-state index is 0.0397. The molecule has 11 rings (SSSR count). The van der Waals surface area contributed by atoms with Crippen LogP contribution < -0.4 is 0 Å². The van der Waals surface area contributed by atoms with Crippen LogP contribution in [-0.4, -0.2) is 9.13 Å². The molecule has 2 nitrogen and oxygen atoms in total. The van der Waals surface area contributed by atoms with Crippen molar-refractivity contribution in [3.63, 3.8) is 0 Å². The van der Waals surface area contributed by atoms with Gasteiger partial charge in [0.1, 0.15) is 0 Å². The summed E-state index contributed by atoms with van der Waals surface area (Å²) in [5.74, 6) is 0. The molecule has 0 atom stereocenters. The zero-order chi connectivity index (χ0) is 36.3. The maximum absolute atomic E-state index is 2.56. The Balaban J connectivity index is 1.29. The van der Waals surface area contributed by atoms with Gasteiger partial charge >= 0.3 is 0 Å². The number of hydrogen-bond donors (Lipinski definition) is 0. The third-order valence-corrected chi connectivity index (χ3v) is 12.7. The molecule has 2 aromatic heterocycles. The molecule has 0 saturated heterocycles. The van der Waals surface area contributed by atoms with Crippen molar-refractivity contribution in [1.82, 2.24) is 9.13 Å². The summed E-state index contributed by atoms with van der Waals surface area (Å²) < 4.78 is 5.05. The lowest BCUT2D eigenvalue weighted by atomic mass is 9.62. The van der Waals surface area contributed by atoms with Gasteiger partial charge in [0, 0.05) is 32.9 Å². The van der Waals surface area contributed by atoms with Crippen molar-refractivity contribution in [2.75, 3.05) is 0 Å². The second-order valence-electron chi connectivity index (χ2n) is 16.8. The molecule has 0 N–H and O–H groups in total. The highest BCUT2D eigenvalue weighted by Crippen LogP contribution is 2.52. The van der Waals surface area contributed by atoms with Crippen LogP contribution in [0.25, 0.3) is 87.7 Å². The Bertz CT molecular complexity index is 3140. The number of hydrogen-bond acceptors (Lipinski definition) is 0. The Kier molecular flexibility index (Phi) is 6.51. The topological polar surface area (TPSA) is 9.86 Å². The van der Waals surface area contributed by atoms with E-state index in [9.17, 15) is 0 Å². The molecule has 0 saturated carbocycles. The van der Waals surface area contributed by atoms with Gasteiger partial charge < -0.3 is 9.13 Å². The molecule has 1 aliphatic carbocycles. The molecule has 0 spiro atoms. The first-order valence-corrected chi connectivity index (χ1v) is 19.4. The molecule has 2 heteroatoms. The third kappa shape index (κ3) is 4.46. The van der Waals surface area contributed by atoms with E-state index in [2.05, 4.69) is 195 Å². The third-order valence-electron chi connectivity index (χ3n) is 12.7. The molecule has 10 aromatic rings. The molecule has 0 aliphatic heterocycles. The summed E-state index contributed by atoms with van der Waals surface area (Å²) >= 11 is 0. The average molecular weight is 695 g/mol. The van der Waals surface area contributed by atoms with Gasteiger partial charge in [0.05, 0.1) is 22.1 Å². The largest absolute Gasteiger partial charge is 0.309 e. The molecule has 54 heavy (non-hydrogen) atoms. The van der Waals surface area contributed by atoms with Crippen molar-refractivity contribution < 1.29 is 0 Å². The Hall–Kier alpha value is -6.12. The monoisotopic (exact) mass is 694 g/mol. The first-order chi connectivity index (χ1) is 26.3. The summed E-state index contributed by atoms with van der Waals surface area (Å²) in [6, 6.07) is 58.9. The lowest BCUT2D eigenvalue weighted by molar-refractivity contribution is 0.334.